The maximum Gasteiger partial charge on any atom is 0.265 e. The van der Waals surface area contributed by atoms with E-state index in [1.807, 2.05) is 31.1 Å². The van der Waals surface area contributed by atoms with E-state index < -0.39 is 0 Å². The molecule has 152 valence electrons. The van der Waals surface area contributed by atoms with E-state index in [9.17, 15) is 4.79 Å². The molecule has 4 heterocycles. The molecule has 2 saturated heterocycles. The number of piperidine rings is 1. The van der Waals surface area contributed by atoms with Crippen LogP contribution in [0.5, 0.6) is 0 Å². The first-order valence-electron chi connectivity index (χ1n) is 10.2. The summed E-state index contributed by atoms with van der Waals surface area (Å²) in [4.78, 5) is 27.0. The van der Waals surface area contributed by atoms with Gasteiger partial charge in [0, 0.05) is 45.1 Å². The standard InChI is InChI=1S/C20H29N5O2S/c1-15-18(28-20(22-15)25-11-13-27-14-12-25)19(26)24-8-4-17(5-9-24)3-7-23-10-6-21-16(23)2/h6,10,17H,3-5,7-9,11-14H2,1-2H3. The minimum absolute atomic E-state index is 0.151. The summed E-state index contributed by atoms with van der Waals surface area (Å²) >= 11 is 1.54. The number of morpholine rings is 1. The Morgan fingerprint density at radius 3 is 2.64 bits per heavy atom. The van der Waals surface area contributed by atoms with Crippen LogP contribution in [-0.2, 0) is 11.3 Å². The number of nitrogens with zero attached hydrogens (tertiary/aromatic N) is 5. The Kier molecular flexibility index (Phi) is 5.96. The van der Waals surface area contributed by atoms with Gasteiger partial charge in [0.25, 0.3) is 5.91 Å². The van der Waals surface area contributed by atoms with Gasteiger partial charge < -0.3 is 19.1 Å². The minimum atomic E-state index is 0.151. The number of imidazole rings is 1. The highest BCUT2D eigenvalue weighted by molar-refractivity contribution is 7.17. The molecule has 1 amide bonds. The largest absolute Gasteiger partial charge is 0.378 e. The number of aryl methyl sites for hydroxylation is 3. The molecule has 2 fully saturated rings. The molecule has 0 aromatic carbocycles. The summed E-state index contributed by atoms with van der Waals surface area (Å²) in [6, 6.07) is 0. The predicted octanol–water partition coefficient (Wildman–Crippen LogP) is 2.74. The molecule has 0 unspecified atom stereocenters. The van der Waals surface area contributed by atoms with Crippen molar-refractivity contribution >= 4 is 22.4 Å². The second kappa shape index (κ2) is 8.61. The van der Waals surface area contributed by atoms with Crippen LogP contribution in [0.2, 0.25) is 0 Å². The highest BCUT2D eigenvalue weighted by atomic mass is 32.1. The number of thiazole rings is 1. The predicted molar refractivity (Wildman–Crippen MR) is 110 cm³/mol. The summed E-state index contributed by atoms with van der Waals surface area (Å²) in [5.74, 6) is 1.90. The average Bonchev–Trinajstić information content (AvgIpc) is 3.32. The van der Waals surface area contributed by atoms with Gasteiger partial charge >= 0.3 is 0 Å². The van der Waals surface area contributed by atoms with Crippen molar-refractivity contribution in [3.63, 3.8) is 0 Å². The molecular weight excluding hydrogens is 374 g/mol. The van der Waals surface area contributed by atoms with Crippen LogP contribution in [0.3, 0.4) is 0 Å². The van der Waals surface area contributed by atoms with Crippen molar-refractivity contribution in [1.29, 1.82) is 0 Å². The second-order valence-electron chi connectivity index (χ2n) is 7.70. The summed E-state index contributed by atoms with van der Waals surface area (Å²) in [6.07, 6.45) is 7.22. The molecule has 0 atom stereocenters. The van der Waals surface area contributed by atoms with E-state index in [4.69, 9.17) is 4.74 Å². The number of aromatic nitrogens is 3. The van der Waals surface area contributed by atoms with Crippen LogP contribution in [0.15, 0.2) is 12.4 Å². The Balaban J connectivity index is 1.31. The van der Waals surface area contributed by atoms with Crippen LogP contribution < -0.4 is 4.90 Å². The zero-order valence-electron chi connectivity index (χ0n) is 16.8. The van der Waals surface area contributed by atoms with Crippen molar-refractivity contribution in [3.05, 3.63) is 28.8 Å². The van der Waals surface area contributed by atoms with Gasteiger partial charge in [-0.15, -0.1) is 0 Å². The number of likely N-dealkylation sites (tertiary alicyclic amines) is 1. The minimum Gasteiger partial charge on any atom is -0.378 e. The maximum absolute atomic E-state index is 13.1. The molecule has 0 radical (unpaired) electrons. The lowest BCUT2D eigenvalue weighted by Crippen LogP contribution is -2.38. The normalized spacial score (nSPS) is 18.6. The highest BCUT2D eigenvalue weighted by Crippen LogP contribution is 2.29. The van der Waals surface area contributed by atoms with Crippen LogP contribution in [0, 0.1) is 19.8 Å². The van der Waals surface area contributed by atoms with E-state index in [0.717, 1.165) is 86.7 Å². The third kappa shape index (κ3) is 4.22. The van der Waals surface area contributed by atoms with E-state index >= 15 is 0 Å². The molecule has 4 rings (SSSR count). The van der Waals surface area contributed by atoms with Crippen molar-refractivity contribution in [2.24, 2.45) is 5.92 Å². The van der Waals surface area contributed by atoms with Crippen LogP contribution in [-0.4, -0.2) is 64.7 Å². The zero-order valence-corrected chi connectivity index (χ0v) is 17.6. The van der Waals surface area contributed by atoms with E-state index in [2.05, 4.69) is 19.4 Å². The Morgan fingerprint density at radius 1 is 1.21 bits per heavy atom. The molecule has 2 aliphatic rings. The van der Waals surface area contributed by atoms with Crippen LogP contribution in [0.1, 0.15) is 40.5 Å². The maximum atomic E-state index is 13.1. The summed E-state index contributed by atoms with van der Waals surface area (Å²) in [6.45, 7) is 9.86. The van der Waals surface area contributed by atoms with Gasteiger partial charge in [-0.1, -0.05) is 11.3 Å². The number of amides is 1. The SMILES string of the molecule is Cc1nc(N2CCOCC2)sc1C(=O)N1CCC(CCn2ccnc2C)CC1. The molecule has 2 aromatic heterocycles. The summed E-state index contributed by atoms with van der Waals surface area (Å²) in [7, 11) is 0. The van der Waals surface area contributed by atoms with Gasteiger partial charge in [-0.25, -0.2) is 9.97 Å². The summed E-state index contributed by atoms with van der Waals surface area (Å²) < 4.78 is 7.63. The van der Waals surface area contributed by atoms with Crippen LogP contribution >= 0.6 is 11.3 Å². The number of carbonyl (C=O) groups is 1. The van der Waals surface area contributed by atoms with Crippen molar-refractivity contribution in [1.82, 2.24) is 19.4 Å². The van der Waals surface area contributed by atoms with Gasteiger partial charge in [0.1, 0.15) is 10.7 Å². The van der Waals surface area contributed by atoms with Gasteiger partial charge in [0.15, 0.2) is 5.13 Å². The van der Waals surface area contributed by atoms with Gasteiger partial charge in [-0.2, -0.15) is 0 Å². The topological polar surface area (TPSA) is 63.5 Å². The molecule has 2 aliphatic heterocycles. The molecule has 0 aliphatic carbocycles. The molecule has 0 N–H and O–H groups in total. The van der Waals surface area contributed by atoms with Gasteiger partial charge in [0.05, 0.1) is 18.9 Å². The van der Waals surface area contributed by atoms with Gasteiger partial charge in [-0.05, 0) is 39.0 Å². The lowest BCUT2D eigenvalue weighted by atomic mass is 9.93. The van der Waals surface area contributed by atoms with E-state index in [0.29, 0.717) is 5.92 Å². The van der Waals surface area contributed by atoms with Crippen molar-refractivity contribution in [2.45, 2.75) is 39.7 Å². The molecule has 2 aromatic rings. The fourth-order valence-corrected chi connectivity index (χ4v) is 5.09. The second-order valence-corrected chi connectivity index (χ2v) is 8.68. The molecule has 28 heavy (non-hydrogen) atoms. The van der Waals surface area contributed by atoms with Gasteiger partial charge in [0.2, 0.25) is 0 Å². The summed E-state index contributed by atoms with van der Waals surface area (Å²) in [5.41, 5.74) is 0.856. The van der Waals surface area contributed by atoms with Crippen molar-refractivity contribution < 1.29 is 9.53 Å². The number of rotatable bonds is 5. The molecule has 0 spiro atoms. The van der Waals surface area contributed by atoms with E-state index in [1.165, 1.54) is 11.3 Å². The molecule has 0 bridgehead atoms. The van der Waals surface area contributed by atoms with Crippen molar-refractivity contribution in [3.8, 4) is 0 Å². The van der Waals surface area contributed by atoms with Crippen LogP contribution in [0.25, 0.3) is 0 Å². The number of hydrogen-bond acceptors (Lipinski definition) is 6. The lowest BCUT2D eigenvalue weighted by Gasteiger charge is -2.32. The van der Waals surface area contributed by atoms with E-state index in [1.54, 1.807) is 0 Å². The first-order valence-corrected chi connectivity index (χ1v) is 11.0. The van der Waals surface area contributed by atoms with E-state index in [-0.39, 0.29) is 5.91 Å². The number of hydrogen-bond donors (Lipinski definition) is 0. The number of ether oxygens (including phenoxy) is 1. The first kappa shape index (κ1) is 19.4. The first-order chi connectivity index (χ1) is 13.6. The third-order valence-corrected chi connectivity index (χ3v) is 7.07. The fourth-order valence-electron chi connectivity index (χ4n) is 4.00. The quantitative estimate of drug-likeness (QED) is 0.768. The molecular formula is C20H29N5O2S. The Hall–Kier alpha value is -1.93. The summed E-state index contributed by atoms with van der Waals surface area (Å²) in [5, 5.41) is 0.953. The number of carbonyl (C=O) groups excluding carboxylic acids is 1. The monoisotopic (exact) mass is 403 g/mol. The van der Waals surface area contributed by atoms with Crippen LogP contribution in [0.4, 0.5) is 5.13 Å². The molecule has 7 nitrogen and oxygen atoms in total. The zero-order chi connectivity index (χ0) is 19.5. The smallest absolute Gasteiger partial charge is 0.265 e. The molecule has 0 saturated carbocycles. The number of anilines is 1. The lowest BCUT2D eigenvalue weighted by molar-refractivity contribution is 0.0689. The van der Waals surface area contributed by atoms with Crippen molar-refractivity contribution in [2.75, 3.05) is 44.3 Å². The fraction of sp³-hybridized carbons (Fsp3) is 0.650. The Bertz CT molecular complexity index is 803. The third-order valence-electron chi connectivity index (χ3n) is 5.86. The highest BCUT2D eigenvalue weighted by Gasteiger charge is 2.27. The molecule has 8 heteroatoms. The average molecular weight is 404 g/mol. The Labute approximate surface area is 170 Å². The van der Waals surface area contributed by atoms with Gasteiger partial charge in [-0.3, -0.25) is 4.79 Å². The Morgan fingerprint density at radius 2 is 1.96 bits per heavy atom.